The number of carbonyl (C=O) groups is 3. The summed E-state index contributed by atoms with van der Waals surface area (Å²) in [5.41, 5.74) is 0. The molecule has 0 aromatic carbocycles. The van der Waals surface area contributed by atoms with Crippen LogP contribution in [0.15, 0.2) is 0 Å². The van der Waals surface area contributed by atoms with Crippen LogP contribution in [0.1, 0.15) is 39.5 Å². The summed E-state index contributed by atoms with van der Waals surface area (Å²) in [6, 6.07) is -0.969. The zero-order valence-electron chi connectivity index (χ0n) is 11.5. The predicted molar refractivity (Wildman–Crippen MR) is 70.8 cm³/mol. The number of hydrogen-bond donors (Lipinski definition) is 4. The van der Waals surface area contributed by atoms with E-state index in [0.29, 0.717) is 19.5 Å². The summed E-state index contributed by atoms with van der Waals surface area (Å²) in [5.74, 6) is -1.03. The minimum absolute atomic E-state index is 0.153. The number of hydrogen-bond acceptors (Lipinski definition) is 3. The van der Waals surface area contributed by atoms with Gasteiger partial charge in [0.2, 0.25) is 5.91 Å². The average Bonchev–Trinajstić information content (AvgIpc) is 2.33. The van der Waals surface area contributed by atoms with Crippen LogP contribution in [-0.2, 0) is 9.59 Å². The minimum atomic E-state index is -0.804. The highest BCUT2D eigenvalue weighted by molar-refractivity contribution is 5.86. The topological polar surface area (TPSA) is 108 Å². The monoisotopic (exact) mass is 273 g/mol. The van der Waals surface area contributed by atoms with Crippen LogP contribution in [0.4, 0.5) is 4.79 Å². The average molecular weight is 273 g/mol. The van der Waals surface area contributed by atoms with Crippen LogP contribution in [0.25, 0.3) is 0 Å². The Kier molecular flexibility index (Phi) is 9.20. The molecule has 1 atom stereocenters. The van der Waals surface area contributed by atoms with E-state index in [1.54, 1.807) is 6.92 Å². The number of urea groups is 1. The molecule has 0 saturated heterocycles. The third-order valence-corrected chi connectivity index (χ3v) is 2.44. The summed E-state index contributed by atoms with van der Waals surface area (Å²) in [5, 5.41) is 16.2. The molecular weight excluding hydrogens is 250 g/mol. The highest BCUT2D eigenvalue weighted by Gasteiger charge is 2.13. The van der Waals surface area contributed by atoms with Crippen molar-refractivity contribution in [3.63, 3.8) is 0 Å². The third kappa shape index (κ3) is 9.87. The fraction of sp³-hybridized carbons (Fsp3) is 0.750. The van der Waals surface area contributed by atoms with Gasteiger partial charge in [0.25, 0.3) is 0 Å². The molecule has 7 nitrogen and oxygen atoms in total. The van der Waals surface area contributed by atoms with Gasteiger partial charge < -0.3 is 21.1 Å². The summed E-state index contributed by atoms with van der Waals surface area (Å²) in [6.07, 6.45) is 2.23. The maximum absolute atomic E-state index is 11.4. The van der Waals surface area contributed by atoms with Crippen LogP contribution in [0.2, 0.25) is 0 Å². The zero-order valence-corrected chi connectivity index (χ0v) is 11.5. The molecule has 7 heteroatoms. The van der Waals surface area contributed by atoms with Crippen LogP contribution in [0.5, 0.6) is 0 Å². The van der Waals surface area contributed by atoms with Gasteiger partial charge in [0.15, 0.2) is 0 Å². The molecule has 0 aromatic rings. The molecule has 0 radical (unpaired) electrons. The molecule has 0 aliphatic carbocycles. The molecule has 4 N–H and O–H groups in total. The highest BCUT2D eigenvalue weighted by atomic mass is 16.4. The maximum Gasteiger partial charge on any atom is 0.315 e. The first-order valence-corrected chi connectivity index (χ1v) is 6.51. The zero-order chi connectivity index (χ0) is 14.7. The summed E-state index contributed by atoms with van der Waals surface area (Å²) in [4.78, 5) is 33.0. The molecule has 0 spiro atoms. The number of nitrogens with one attached hydrogen (secondary N) is 3. The number of unbranched alkanes of at least 4 members (excludes halogenated alkanes) is 2. The fourth-order valence-electron chi connectivity index (χ4n) is 1.42. The van der Waals surface area contributed by atoms with E-state index >= 15 is 0 Å². The van der Waals surface area contributed by atoms with Crippen LogP contribution in [0.3, 0.4) is 0 Å². The van der Waals surface area contributed by atoms with E-state index in [9.17, 15) is 14.4 Å². The number of aliphatic carboxylic acids is 1. The van der Waals surface area contributed by atoms with Gasteiger partial charge in [0.05, 0.1) is 0 Å². The maximum atomic E-state index is 11.4. The molecule has 0 aliphatic rings. The van der Waals surface area contributed by atoms with Crippen LogP contribution in [0, 0.1) is 0 Å². The van der Waals surface area contributed by atoms with E-state index in [1.165, 1.54) is 0 Å². The van der Waals surface area contributed by atoms with E-state index in [1.807, 2.05) is 6.92 Å². The van der Waals surface area contributed by atoms with E-state index in [4.69, 9.17) is 5.11 Å². The highest BCUT2D eigenvalue weighted by Crippen LogP contribution is 1.98. The smallest absolute Gasteiger partial charge is 0.315 e. The second kappa shape index (κ2) is 10.2. The van der Waals surface area contributed by atoms with Gasteiger partial charge in [-0.1, -0.05) is 6.42 Å². The van der Waals surface area contributed by atoms with Crippen LogP contribution >= 0.6 is 0 Å². The van der Waals surface area contributed by atoms with Gasteiger partial charge in [-0.2, -0.15) is 0 Å². The number of amides is 3. The fourth-order valence-corrected chi connectivity index (χ4v) is 1.42. The molecule has 0 heterocycles. The number of carboxylic acids is 1. The predicted octanol–water partition coefficient (Wildman–Crippen LogP) is 0.455. The van der Waals surface area contributed by atoms with Crippen LogP contribution < -0.4 is 16.0 Å². The molecule has 19 heavy (non-hydrogen) atoms. The Hall–Kier alpha value is -1.79. The summed E-state index contributed by atoms with van der Waals surface area (Å²) >= 11 is 0. The van der Waals surface area contributed by atoms with Crippen molar-refractivity contribution < 1.29 is 19.5 Å². The van der Waals surface area contributed by atoms with Crippen molar-refractivity contribution in [1.29, 1.82) is 0 Å². The largest absolute Gasteiger partial charge is 0.481 e. The lowest BCUT2D eigenvalue weighted by atomic mass is 10.2. The van der Waals surface area contributed by atoms with Gasteiger partial charge in [0, 0.05) is 19.5 Å². The molecule has 0 bridgehead atoms. The summed E-state index contributed by atoms with van der Waals surface area (Å²) in [6.45, 7) is 4.41. The van der Waals surface area contributed by atoms with E-state index < -0.39 is 18.0 Å². The van der Waals surface area contributed by atoms with Crippen LogP contribution in [-0.4, -0.2) is 42.1 Å². The lowest BCUT2D eigenvalue weighted by Gasteiger charge is -2.13. The second-order valence-electron chi connectivity index (χ2n) is 4.22. The van der Waals surface area contributed by atoms with Gasteiger partial charge in [-0.05, 0) is 26.7 Å². The Morgan fingerprint density at radius 2 is 1.79 bits per heavy atom. The lowest BCUT2D eigenvalue weighted by Crippen LogP contribution is -2.48. The number of carboxylic acid groups (broad SMARTS) is 1. The van der Waals surface area contributed by atoms with Gasteiger partial charge in [-0.15, -0.1) is 0 Å². The third-order valence-electron chi connectivity index (χ3n) is 2.44. The first kappa shape index (κ1) is 17.2. The first-order valence-electron chi connectivity index (χ1n) is 6.51. The van der Waals surface area contributed by atoms with Gasteiger partial charge in [-0.3, -0.25) is 9.59 Å². The summed E-state index contributed by atoms with van der Waals surface area (Å²) in [7, 11) is 0. The Balaban J connectivity index is 3.59. The Morgan fingerprint density at radius 3 is 2.37 bits per heavy atom. The molecule has 0 fully saturated rings. The lowest BCUT2D eigenvalue weighted by molar-refractivity contribution is -0.137. The number of likely N-dealkylation sites (N-methyl/N-ethyl adjacent to an activating group) is 1. The molecule has 1 unspecified atom stereocenters. The summed E-state index contributed by atoms with van der Waals surface area (Å²) < 4.78 is 0. The minimum Gasteiger partial charge on any atom is -0.481 e. The molecular formula is C12H23N3O4. The van der Waals surface area contributed by atoms with Crippen molar-refractivity contribution >= 4 is 17.9 Å². The van der Waals surface area contributed by atoms with Crippen molar-refractivity contribution in [3.8, 4) is 0 Å². The first-order chi connectivity index (χ1) is 8.97. The second-order valence-corrected chi connectivity index (χ2v) is 4.22. The molecule has 0 aromatic heterocycles. The number of carbonyl (C=O) groups excluding carboxylic acids is 2. The molecule has 0 aliphatic heterocycles. The van der Waals surface area contributed by atoms with E-state index in [2.05, 4.69) is 16.0 Å². The quantitative estimate of drug-likeness (QED) is 0.458. The molecule has 0 rings (SSSR count). The van der Waals surface area contributed by atoms with Crippen molar-refractivity contribution in [1.82, 2.24) is 16.0 Å². The van der Waals surface area contributed by atoms with Gasteiger partial charge in [0.1, 0.15) is 6.04 Å². The normalized spacial score (nSPS) is 11.5. The SMILES string of the molecule is CCNC(=O)C(C)NC(=O)NCCCCCC(=O)O. The van der Waals surface area contributed by atoms with E-state index in [0.717, 1.165) is 12.8 Å². The molecule has 3 amide bonds. The van der Waals surface area contributed by atoms with Crippen molar-refractivity contribution in [2.75, 3.05) is 13.1 Å². The number of rotatable bonds is 9. The Morgan fingerprint density at radius 1 is 1.11 bits per heavy atom. The molecule has 0 saturated carbocycles. The van der Waals surface area contributed by atoms with Crippen molar-refractivity contribution in [2.24, 2.45) is 0 Å². The molecule has 110 valence electrons. The van der Waals surface area contributed by atoms with Crippen molar-refractivity contribution in [2.45, 2.75) is 45.6 Å². The van der Waals surface area contributed by atoms with Crippen molar-refractivity contribution in [3.05, 3.63) is 0 Å². The standard InChI is InChI=1S/C12H23N3O4/c1-3-13-11(18)9(2)15-12(19)14-8-6-4-5-7-10(16)17/h9H,3-8H2,1-2H3,(H,13,18)(H,16,17)(H2,14,15,19). The Bertz CT molecular complexity index is 307. The Labute approximate surface area is 113 Å². The van der Waals surface area contributed by atoms with Gasteiger partial charge >= 0.3 is 12.0 Å². The van der Waals surface area contributed by atoms with Gasteiger partial charge in [-0.25, -0.2) is 4.79 Å². The van der Waals surface area contributed by atoms with E-state index in [-0.39, 0.29) is 12.3 Å².